The van der Waals surface area contributed by atoms with Crippen molar-refractivity contribution in [2.24, 2.45) is 0 Å². The topological polar surface area (TPSA) is 70.1 Å². The first-order chi connectivity index (χ1) is 7.69. The summed E-state index contributed by atoms with van der Waals surface area (Å²) >= 11 is 5.04. The van der Waals surface area contributed by atoms with Gasteiger partial charge >= 0.3 is 0 Å². The summed E-state index contributed by atoms with van der Waals surface area (Å²) in [6.07, 6.45) is 2.96. The SMILES string of the molecule is CCCNC(=O)CCn1c(CO)c[nH]c1=S. The Morgan fingerprint density at radius 3 is 3.06 bits per heavy atom. The van der Waals surface area contributed by atoms with E-state index < -0.39 is 0 Å². The number of aliphatic hydroxyl groups is 1. The van der Waals surface area contributed by atoms with Crippen LogP contribution in [0.25, 0.3) is 0 Å². The molecule has 0 saturated heterocycles. The standard InChI is InChI=1S/C10H17N3O2S/c1-2-4-11-9(15)3-5-13-8(7-14)6-12-10(13)16/h6,14H,2-5,7H2,1H3,(H,11,15)(H,12,16). The molecule has 0 spiro atoms. The number of imidazole rings is 1. The van der Waals surface area contributed by atoms with Crippen LogP contribution in [0.5, 0.6) is 0 Å². The van der Waals surface area contributed by atoms with Crippen LogP contribution < -0.4 is 5.32 Å². The predicted octanol–water partition coefficient (Wildman–Crippen LogP) is 0.954. The van der Waals surface area contributed by atoms with Crippen LogP contribution in [-0.4, -0.2) is 27.1 Å². The highest BCUT2D eigenvalue weighted by molar-refractivity contribution is 7.71. The fourth-order valence-corrected chi connectivity index (χ4v) is 1.64. The Hall–Kier alpha value is -1.14. The third-order valence-electron chi connectivity index (χ3n) is 2.25. The number of carbonyl (C=O) groups excluding carboxylic acids is 1. The fourth-order valence-electron chi connectivity index (χ4n) is 1.37. The number of H-pyrrole nitrogens is 1. The van der Waals surface area contributed by atoms with E-state index in [1.165, 1.54) is 0 Å². The minimum absolute atomic E-state index is 0.00818. The summed E-state index contributed by atoms with van der Waals surface area (Å²) < 4.78 is 2.27. The van der Waals surface area contributed by atoms with Crippen LogP contribution in [0, 0.1) is 4.77 Å². The van der Waals surface area contributed by atoms with Crippen molar-refractivity contribution in [1.82, 2.24) is 14.9 Å². The third kappa shape index (κ3) is 3.46. The van der Waals surface area contributed by atoms with Crippen LogP contribution in [-0.2, 0) is 17.9 Å². The molecule has 0 unspecified atom stereocenters. The number of nitrogens with zero attached hydrogens (tertiary/aromatic N) is 1. The largest absolute Gasteiger partial charge is 0.390 e. The van der Waals surface area contributed by atoms with Gasteiger partial charge in [0.25, 0.3) is 0 Å². The molecular formula is C10H17N3O2S. The molecule has 1 heterocycles. The zero-order valence-corrected chi connectivity index (χ0v) is 10.1. The van der Waals surface area contributed by atoms with E-state index in [4.69, 9.17) is 17.3 Å². The van der Waals surface area contributed by atoms with E-state index in [1.807, 2.05) is 6.92 Å². The number of amides is 1. The van der Waals surface area contributed by atoms with Crippen LogP contribution in [0.4, 0.5) is 0 Å². The second kappa shape index (κ2) is 6.44. The molecule has 1 aromatic rings. The van der Waals surface area contributed by atoms with Crippen LogP contribution in [0.1, 0.15) is 25.5 Å². The van der Waals surface area contributed by atoms with Gasteiger partial charge in [0.05, 0.1) is 12.3 Å². The molecular weight excluding hydrogens is 226 g/mol. The zero-order valence-electron chi connectivity index (χ0n) is 9.32. The monoisotopic (exact) mass is 243 g/mol. The first kappa shape index (κ1) is 12.9. The van der Waals surface area contributed by atoms with E-state index in [0.29, 0.717) is 30.0 Å². The van der Waals surface area contributed by atoms with Crippen molar-refractivity contribution in [2.45, 2.75) is 32.9 Å². The van der Waals surface area contributed by atoms with Crippen LogP contribution in [0.3, 0.4) is 0 Å². The summed E-state index contributed by atoms with van der Waals surface area (Å²) in [7, 11) is 0. The van der Waals surface area contributed by atoms with Gasteiger partial charge in [-0.3, -0.25) is 4.79 Å². The first-order valence-corrected chi connectivity index (χ1v) is 5.74. The van der Waals surface area contributed by atoms with E-state index in [-0.39, 0.29) is 12.5 Å². The smallest absolute Gasteiger partial charge is 0.221 e. The molecule has 0 aliphatic carbocycles. The molecule has 0 radical (unpaired) electrons. The van der Waals surface area contributed by atoms with Crippen LogP contribution in [0.2, 0.25) is 0 Å². The molecule has 0 bridgehead atoms. The number of nitrogens with one attached hydrogen (secondary N) is 2. The highest BCUT2D eigenvalue weighted by atomic mass is 32.1. The van der Waals surface area contributed by atoms with E-state index in [2.05, 4.69) is 10.3 Å². The Kier molecular flexibility index (Phi) is 5.21. The van der Waals surface area contributed by atoms with Gasteiger partial charge in [0.2, 0.25) is 5.91 Å². The minimum atomic E-state index is -0.0796. The molecule has 16 heavy (non-hydrogen) atoms. The second-order valence-corrected chi connectivity index (χ2v) is 3.88. The summed E-state index contributed by atoms with van der Waals surface area (Å²) in [5.41, 5.74) is 0.702. The molecule has 5 nitrogen and oxygen atoms in total. The van der Waals surface area contributed by atoms with Crippen molar-refractivity contribution in [1.29, 1.82) is 0 Å². The van der Waals surface area contributed by atoms with Gasteiger partial charge in [0.15, 0.2) is 4.77 Å². The first-order valence-electron chi connectivity index (χ1n) is 5.33. The normalized spacial score (nSPS) is 10.4. The quantitative estimate of drug-likeness (QED) is 0.652. The van der Waals surface area contributed by atoms with Gasteiger partial charge in [0.1, 0.15) is 0 Å². The lowest BCUT2D eigenvalue weighted by molar-refractivity contribution is -0.121. The van der Waals surface area contributed by atoms with Crippen molar-refractivity contribution >= 4 is 18.1 Å². The Balaban J connectivity index is 2.50. The summed E-state index contributed by atoms with van der Waals surface area (Å²) in [6.45, 7) is 3.12. The average Bonchev–Trinajstić information content (AvgIpc) is 2.64. The third-order valence-corrected chi connectivity index (χ3v) is 2.59. The lowest BCUT2D eigenvalue weighted by atomic mass is 10.3. The molecule has 1 rings (SSSR count). The highest BCUT2D eigenvalue weighted by Crippen LogP contribution is 2.03. The molecule has 0 aliphatic rings. The summed E-state index contributed by atoms with van der Waals surface area (Å²) in [5, 5.41) is 11.8. The van der Waals surface area contributed by atoms with E-state index in [0.717, 1.165) is 6.42 Å². The number of aliphatic hydroxyl groups excluding tert-OH is 1. The molecule has 0 atom stereocenters. The van der Waals surface area contributed by atoms with Crippen molar-refractivity contribution in [2.75, 3.05) is 6.54 Å². The predicted molar refractivity (Wildman–Crippen MR) is 63.5 cm³/mol. The lowest BCUT2D eigenvalue weighted by Crippen LogP contribution is -2.25. The van der Waals surface area contributed by atoms with Crippen molar-refractivity contribution in [3.63, 3.8) is 0 Å². The van der Waals surface area contributed by atoms with Gasteiger partial charge in [-0.2, -0.15) is 0 Å². The summed E-state index contributed by atoms with van der Waals surface area (Å²) in [5.74, 6) is 0.00818. The summed E-state index contributed by atoms with van der Waals surface area (Å²) in [6, 6.07) is 0. The van der Waals surface area contributed by atoms with Crippen LogP contribution in [0.15, 0.2) is 6.20 Å². The highest BCUT2D eigenvalue weighted by Gasteiger charge is 2.05. The maximum atomic E-state index is 11.4. The number of carbonyl (C=O) groups is 1. The molecule has 0 saturated carbocycles. The van der Waals surface area contributed by atoms with Crippen LogP contribution >= 0.6 is 12.2 Å². The van der Waals surface area contributed by atoms with Gasteiger partial charge in [-0.15, -0.1) is 0 Å². The van der Waals surface area contributed by atoms with Gasteiger partial charge in [-0.05, 0) is 18.6 Å². The molecule has 90 valence electrons. The molecule has 0 fully saturated rings. The lowest BCUT2D eigenvalue weighted by Gasteiger charge is -2.06. The van der Waals surface area contributed by atoms with Crippen molar-refractivity contribution in [3.05, 3.63) is 16.7 Å². The minimum Gasteiger partial charge on any atom is -0.390 e. The Labute approximate surface area is 99.5 Å². The maximum absolute atomic E-state index is 11.4. The van der Waals surface area contributed by atoms with Crippen molar-refractivity contribution in [3.8, 4) is 0 Å². The Morgan fingerprint density at radius 2 is 2.44 bits per heavy atom. The molecule has 1 amide bonds. The molecule has 3 N–H and O–H groups in total. The number of hydrogen-bond acceptors (Lipinski definition) is 3. The number of hydrogen-bond donors (Lipinski definition) is 3. The molecule has 6 heteroatoms. The van der Waals surface area contributed by atoms with E-state index in [9.17, 15) is 4.79 Å². The molecule has 0 aliphatic heterocycles. The van der Waals surface area contributed by atoms with Gasteiger partial charge in [0, 0.05) is 25.7 Å². The average molecular weight is 243 g/mol. The van der Waals surface area contributed by atoms with E-state index in [1.54, 1.807) is 10.8 Å². The number of rotatable bonds is 6. The molecule has 0 aromatic carbocycles. The maximum Gasteiger partial charge on any atom is 0.221 e. The van der Waals surface area contributed by atoms with Gasteiger partial charge < -0.3 is 20.0 Å². The van der Waals surface area contributed by atoms with Gasteiger partial charge in [-0.1, -0.05) is 6.92 Å². The number of aromatic amines is 1. The summed E-state index contributed by atoms with van der Waals surface area (Å²) in [4.78, 5) is 14.2. The molecule has 1 aromatic heterocycles. The second-order valence-electron chi connectivity index (χ2n) is 3.49. The Bertz CT molecular complexity index is 397. The van der Waals surface area contributed by atoms with E-state index >= 15 is 0 Å². The van der Waals surface area contributed by atoms with Crippen molar-refractivity contribution < 1.29 is 9.90 Å². The Morgan fingerprint density at radius 1 is 1.69 bits per heavy atom. The van der Waals surface area contributed by atoms with Gasteiger partial charge in [-0.25, -0.2) is 0 Å². The fraction of sp³-hybridized carbons (Fsp3) is 0.600. The zero-order chi connectivity index (χ0) is 12.0. The number of aromatic nitrogens is 2.